The van der Waals surface area contributed by atoms with E-state index in [0.717, 1.165) is 16.8 Å². The molecule has 0 N–H and O–H groups in total. The number of rotatable bonds is 3. The first-order chi connectivity index (χ1) is 12.5. The number of halogens is 1. The molecule has 5 nitrogen and oxygen atoms in total. The topological polar surface area (TPSA) is 59.2 Å². The minimum Gasteiger partial charge on any atom is -0.334 e. The maximum Gasteiger partial charge on any atom is 0.258 e. The number of carbonyl (C=O) groups excluding carboxylic acids is 1. The second kappa shape index (κ2) is 6.37. The van der Waals surface area contributed by atoms with Crippen LogP contribution in [0.4, 0.5) is 10.1 Å². The molecule has 26 heavy (non-hydrogen) atoms. The number of nitrogens with zero attached hydrogens (tertiary/aromatic N) is 3. The van der Waals surface area contributed by atoms with Crippen LogP contribution >= 0.6 is 0 Å². The molecule has 132 valence electrons. The van der Waals surface area contributed by atoms with E-state index >= 15 is 0 Å². The number of anilines is 1. The zero-order valence-corrected chi connectivity index (χ0v) is 14.6. The molecule has 0 bridgehead atoms. The third kappa shape index (κ3) is 2.98. The lowest BCUT2D eigenvalue weighted by atomic mass is 10.1. The molecular formula is C20H18FN3O2. The SMILES string of the molecule is Cc1ccc(C)c(N2CC(c3noc(-c4cccc(F)c4)n3)CC2=O)c1. The van der Waals surface area contributed by atoms with Gasteiger partial charge in [0.25, 0.3) is 5.89 Å². The van der Waals surface area contributed by atoms with E-state index in [-0.39, 0.29) is 23.5 Å². The lowest BCUT2D eigenvalue weighted by molar-refractivity contribution is -0.117. The number of carbonyl (C=O) groups is 1. The molecule has 0 radical (unpaired) electrons. The molecule has 1 aromatic heterocycles. The quantitative estimate of drug-likeness (QED) is 0.715. The van der Waals surface area contributed by atoms with Crippen LogP contribution < -0.4 is 4.90 Å². The fourth-order valence-corrected chi connectivity index (χ4v) is 3.26. The van der Waals surface area contributed by atoms with Gasteiger partial charge < -0.3 is 9.42 Å². The van der Waals surface area contributed by atoms with Crippen molar-refractivity contribution in [3.05, 3.63) is 65.2 Å². The molecule has 1 aliphatic rings. The molecule has 4 rings (SSSR count). The molecule has 1 fully saturated rings. The summed E-state index contributed by atoms with van der Waals surface area (Å²) >= 11 is 0. The molecule has 0 saturated carbocycles. The van der Waals surface area contributed by atoms with Crippen LogP contribution in [-0.4, -0.2) is 22.6 Å². The third-order valence-corrected chi connectivity index (χ3v) is 4.66. The van der Waals surface area contributed by atoms with Gasteiger partial charge in [-0.05, 0) is 49.2 Å². The van der Waals surface area contributed by atoms with Gasteiger partial charge >= 0.3 is 0 Å². The van der Waals surface area contributed by atoms with Gasteiger partial charge in [0.15, 0.2) is 5.82 Å². The van der Waals surface area contributed by atoms with Crippen molar-refractivity contribution in [2.45, 2.75) is 26.2 Å². The zero-order valence-electron chi connectivity index (χ0n) is 14.6. The third-order valence-electron chi connectivity index (χ3n) is 4.66. The van der Waals surface area contributed by atoms with Crippen molar-refractivity contribution >= 4 is 11.6 Å². The number of hydrogen-bond donors (Lipinski definition) is 0. The van der Waals surface area contributed by atoms with Crippen LogP contribution in [0.5, 0.6) is 0 Å². The van der Waals surface area contributed by atoms with Crippen LogP contribution in [0.3, 0.4) is 0 Å². The summed E-state index contributed by atoms with van der Waals surface area (Å²) in [5.74, 6) is 0.274. The molecule has 1 unspecified atom stereocenters. The molecule has 1 amide bonds. The second-order valence-corrected chi connectivity index (χ2v) is 6.66. The molecule has 2 heterocycles. The van der Waals surface area contributed by atoms with Crippen molar-refractivity contribution in [2.24, 2.45) is 0 Å². The highest BCUT2D eigenvalue weighted by Gasteiger charge is 2.35. The van der Waals surface area contributed by atoms with Gasteiger partial charge in [0, 0.05) is 30.1 Å². The van der Waals surface area contributed by atoms with Crippen molar-refractivity contribution in [2.75, 3.05) is 11.4 Å². The summed E-state index contributed by atoms with van der Waals surface area (Å²) in [6, 6.07) is 12.1. The molecule has 1 aliphatic heterocycles. The number of amides is 1. The summed E-state index contributed by atoms with van der Waals surface area (Å²) < 4.78 is 18.7. The Hall–Kier alpha value is -3.02. The van der Waals surface area contributed by atoms with E-state index < -0.39 is 0 Å². The molecule has 1 atom stereocenters. The van der Waals surface area contributed by atoms with Gasteiger partial charge in [-0.3, -0.25) is 4.79 Å². The highest BCUT2D eigenvalue weighted by Crippen LogP contribution is 2.33. The van der Waals surface area contributed by atoms with Gasteiger partial charge in [-0.1, -0.05) is 23.4 Å². The molecule has 0 aliphatic carbocycles. The number of aromatic nitrogens is 2. The first kappa shape index (κ1) is 16.4. The highest BCUT2D eigenvalue weighted by atomic mass is 19.1. The van der Waals surface area contributed by atoms with E-state index in [4.69, 9.17) is 4.52 Å². The maximum atomic E-state index is 13.4. The van der Waals surface area contributed by atoms with Crippen molar-refractivity contribution in [3.63, 3.8) is 0 Å². The van der Waals surface area contributed by atoms with Gasteiger partial charge in [-0.15, -0.1) is 0 Å². The Balaban J connectivity index is 1.59. The van der Waals surface area contributed by atoms with Crippen LogP contribution in [0.25, 0.3) is 11.5 Å². The van der Waals surface area contributed by atoms with Crippen molar-refractivity contribution in [3.8, 4) is 11.5 Å². The summed E-state index contributed by atoms with van der Waals surface area (Å²) in [5, 5.41) is 4.02. The van der Waals surface area contributed by atoms with Crippen molar-refractivity contribution in [1.29, 1.82) is 0 Å². The first-order valence-electron chi connectivity index (χ1n) is 8.48. The summed E-state index contributed by atoms with van der Waals surface area (Å²) in [4.78, 5) is 18.7. The van der Waals surface area contributed by atoms with Gasteiger partial charge in [-0.25, -0.2) is 4.39 Å². The minimum atomic E-state index is -0.362. The summed E-state index contributed by atoms with van der Waals surface area (Å²) in [6.07, 6.45) is 0.329. The number of hydrogen-bond acceptors (Lipinski definition) is 4. The summed E-state index contributed by atoms with van der Waals surface area (Å²) in [5.41, 5.74) is 3.61. The average Bonchev–Trinajstić information content (AvgIpc) is 3.24. The Labute approximate surface area is 150 Å². The van der Waals surface area contributed by atoms with E-state index in [9.17, 15) is 9.18 Å². The minimum absolute atomic E-state index is 0.0424. The van der Waals surface area contributed by atoms with E-state index in [1.807, 2.05) is 32.0 Å². The fourth-order valence-electron chi connectivity index (χ4n) is 3.26. The van der Waals surface area contributed by atoms with Gasteiger partial charge in [0.1, 0.15) is 5.82 Å². The Kier molecular flexibility index (Phi) is 4.03. The second-order valence-electron chi connectivity index (χ2n) is 6.66. The lowest BCUT2D eigenvalue weighted by Gasteiger charge is -2.19. The standard InChI is InChI=1S/C20H18FN3O2/c1-12-6-7-13(2)17(8-12)24-11-15(10-18(24)25)19-22-20(26-23-19)14-4-3-5-16(21)9-14/h3-9,15H,10-11H2,1-2H3. The van der Waals surface area contributed by atoms with Gasteiger partial charge in [0.05, 0.1) is 0 Å². The Morgan fingerprint density at radius 1 is 1.19 bits per heavy atom. The Morgan fingerprint density at radius 3 is 2.85 bits per heavy atom. The van der Waals surface area contributed by atoms with Crippen molar-refractivity contribution < 1.29 is 13.7 Å². The first-order valence-corrected chi connectivity index (χ1v) is 8.48. The average molecular weight is 351 g/mol. The summed E-state index contributed by atoms with van der Waals surface area (Å²) in [7, 11) is 0. The molecule has 6 heteroatoms. The highest BCUT2D eigenvalue weighted by molar-refractivity contribution is 5.97. The Morgan fingerprint density at radius 2 is 2.04 bits per heavy atom. The number of benzene rings is 2. The van der Waals surface area contributed by atoms with Crippen LogP contribution in [0.1, 0.15) is 29.3 Å². The van der Waals surface area contributed by atoms with Crippen LogP contribution in [0.15, 0.2) is 47.0 Å². The monoisotopic (exact) mass is 351 g/mol. The molecule has 3 aromatic rings. The van der Waals surface area contributed by atoms with Crippen LogP contribution in [-0.2, 0) is 4.79 Å². The lowest BCUT2D eigenvalue weighted by Crippen LogP contribution is -2.25. The molecular weight excluding hydrogens is 333 g/mol. The normalized spacial score (nSPS) is 17.1. The van der Waals surface area contributed by atoms with Gasteiger partial charge in [0.2, 0.25) is 5.91 Å². The van der Waals surface area contributed by atoms with E-state index in [0.29, 0.717) is 24.4 Å². The predicted molar refractivity (Wildman–Crippen MR) is 95.3 cm³/mol. The summed E-state index contributed by atoms with van der Waals surface area (Å²) in [6.45, 7) is 4.50. The molecule has 2 aromatic carbocycles. The van der Waals surface area contributed by atoms with Crippen LogP contribution in [0.2, 0.25) is 0 Å². The van der Waals surface area contributed by atoms with Gasteiger partial charge in [-0.2, -0.15) is 4.98 Å². The fraction of sp³-hybridized carbons (Fsp3) is 0.250. The smallest absolute Gasteiger partial charge is 0.258 e. The van der Waals surface area contributed by atoms with E-state index in [1.54, 1.807) is 17.0 Å². The maximum absolute atomic E-state index is 13.4. The van der Waals surface area contributed by atoms with Crippen LogP contribution in [0, 0.1) is 19.7 Å². The Bertz CT molecular complexity index is 983. The predicted octanol–water partition coefficient (Wildman–Crippen LogP) is 4.01. The number of aryl methyl sites for hydroxylation is 2. The molecule has 1 saturated heterocycles. The zero-order chi connectivity index (χ0) is 18.3. The van der Waals surface area contributed by atoms with E-state index in [1.165, 1.54) is 12.1 Å². The largest absolute Gasteiger partial charge is 0.334 e. The van der Waals surface area contributed by atoms with E-state index in [2.05, 4.69) is 10.1 Å². The van der Waals surface area contributed by atoms with Crippen molar-refractivity contribution in [1.82, 2.24) is 10.1 Å². The molecule has 0 spiro atoms.